The molecule has 0 heterocycles. The van der Waals surface area contributed by atoms with Gasteiger partial charge in [0.05, 0.1) is 19.8 Å². The van der Waals surface area contributed by atoms with Crippen LogP contribution in [0.4, 0.5) is 0 Å². The number of aryl methyl sites for hydroxylation is 1. The van der Waals surface area contributed by atoms with Gasteiger partial charge in [-0.3, -0.25) is 0 Å². The molecule has 3 nitrogen and oxygen atoms in total. The average molecular weight is 259 g/mol. The maximum Gasteiger partial charge on any atom is 0.339 e. The topological polar surface area (TPSA) is 35.5 Å². The highest BCUT2D eigenvalue weighted by molar-refractivity contribution is 9.10. The summed E-state index contributed by atoms with van der Waals surface area (Å²) >= 11 is 3.30. The molecular formula is C10H11BrO3. The third-order valence-corrected chi connectivity index (χ3v) is 2.51. The second-order valence-corrected chi connectivity index (χ2v) is 3.65. The van der Waals surface area contributed by atoms with Gasteiger partial charge in [-0.25, -0.2) is 4.79 Å². The van der Waals surface area contributed by atoms with Crippen molar-refractivity contribution in [1.29, 1.82) is 0 Å². The lowest BCUT2D eigenvalue weighted by atomic mass is 10.1. The van der Waals surface area contributed by atoms with Crippen LogP contribution in [0.3, 0.4) is 0 Å². The Morgan fingerprint density at radius 1 is 1.36 bits per heavy atom. The first kappa shape index (κ1) is 11.0. The first-order valence-corrected chi connectivity index (χ1v) is 4.82. The summed E-state index contributed by atoms with van der Waals surface area (Å²) in [4.78, 5) is 11.4. The third kappa shape index (κ3) is 2.07. The molecule has 1 aromatic rings. The van der Waals surface area contributed by atoms with Gasteiger partial charge in [-0.05, 0) is 40.5 Å². The first-order valence-electron chi connectivity index (χ1n) is 4.02. The summed E-state index contributed by atoms with van der Waals surface area (Å²) in [7, 11) is 2.94. The minimum absolute atomic E-state index is 0.350. The summed E-state index contributed by atoms with van der Waals surface area (Å²) in [5.74, 6) is 0.360. The molecule has 14 heavy (non-hydrogen) atoms. The minimum Gasteiger partial charge on any atom is -0.497 e. The van der Waals surface area contributed by atoms with E-state index in [9.17, 15) is 4.79 Å². The molecule has 4 heteroatoms. The van der Waals surface area contributed by atoms with Gasteiger partial charge in [-0.2, -0.15) is 0 Å². The number of hydrogen-bond acceptors (Lipinski definition) is 3. The van der Waals surface area contributed by atoms with E-state index < -0.39 is 0 Å². The zero-order chi connectivity index (χ0) is 10.7. The highest BCUT2D eigenvalue weighted by atomic mass is 79.9. The summed E-state index contributed by atoms with van der Waals surface area (Å²) in [6.45, 7) is 1.83. The fourth-order valence-electron chi connectivity index (χ4n) is 1.19. The third-order valence-electron chi connectivity index (χ3n) is 1.89. The van der Waals surface area contributed by atoms with E-state index in [4.69, 9.17) is 4.74 Å². The fourth-order valence-corrected chi connectivity index (χ4v) is 1.89. The fraction of sp³-hybridized carbons (Fsp3) is 0.300. The first-order chi connectivity index (χ1) is 6.60. The van der Waals surface area contributed by atoms with Crippen molar-refractivity contribution < 1.29 is 14.3 Å². The Bertz CT molecular complexity index is 337. The van der Waals surface area contributed by atoms with Crippen molar-refractivity contribution >= 4 is 21.9 Å². The average Bonchev–Trinajstić information content (AvgIpc) is 2.16. The lowest BCUT2D eigenvalue weighted by Gasteiger charge is -2.08. The van der Waals surface area contributed by atoms with Crippen molar-refractivity contribution in [3.05, 3.63) is 27.7 Å². The van der Waals surface area contributed by atoms with E-state index in [1.807, 2.05) is 6.92 Å². The molecule has 0 bridgehead atoms. The Balaban J connectivity index is 3.25. The monoisotopic (exact) mass is 258 g/mol. The number of hydrogen-bond donors (Lipinski definition) is 0. The molecule has 0 N–H and O–H groups in total. The minimum atomic E-state index is -0.350. The summed E-state index contributed by atoms with van der Waals surface area (Å²) in [6, 6.07) is 3.52. The lowest BCUT2D eigenvalue weighted by Crippen LogP contribution is -2.05. The standard InChI is InChI=1S/C10H11BrO3/c1-6-4-7(13-2)5-8(11)9(6)10(12)14-3/h4-5H,1-3H3. The van der Waals surface area contributed by atoms with Gasteiger partial charge in [0.15, 0.2) is 0 Å². The summed E-state index contributed by atoms with van der Waals surface area (Å²) in [5, 5.41) is 0. The van der Waals surface area contributed by atoms with Gasteiger partial charge in [0.1, 0.15) is 5.75 Å². The predicted octanol–water partition coefficient (Wildman–Crippen LogP) is 2.55. The zero-order valence-corrected chi connectivity index (χ0v) is 9.84. The molecule has 0 fully saturated rings. The van der Waals surface area contributed by atoms with Crippen LogP contribution in [0, 0.1) is 6.92 Å². The summed E-state index contributed by atoms with van der Waals surface area (Å²) < 4.78 is 10.4. The van der Waals surface area contributed by atoms with Crippen molar-refractivity contribution in [2.45, 2.75) is 6.92 Å². The van der Waals surface area contributed by atoms with Crippen LogP contribution in [0.25, 0.3) is 0 Å². The van der Waals surface area contributed by atoms with Crippen molar-refractivity contribution in [3.63, 3.8) is 0 Å². The molecule has 0 aliphatic heterocycles. The Hall–Kier alpha value is -1.03. The molecule has 0 saturated heterocycles. The molecule has 0 atom stereocenters. The van der Waals surface area contributed by atoms with Crippen LogP contribution in [0.2, 0.25) is 0 Å². The van der Waals surface area contributed by atoms with Crippen molar-refractivity contribution in [1.82, 2.24) is 0 Å². The quantitative estimate of drug-likeness (QED) is 0.765. The van der Waals surface area contributed by atoms with Crippen LogP contribution >= 0.6 is 15.9 Å². The van der Waals surface area contributed by atoms with Crippen LogP contribution in [0.5, 0.6) is 5.75 Å². The summed E-state index contributed by atoms with van der Waals surface area (Å²) in [6.07, 6.45) is 0. The second-order valence-electron chi connectivity index (χ2n) is 2.79. The molecule has 1 aromatic carbocycles. The van der Waals surface area contributed by atoms with Gasteiger partial charge in [0, 0.05) is 4.47 Å². The van der Waals surface area contributed by atoms with Crippen LogP contribution in [0.1, 0.15) is 15.9 Å². The lowest BCUT2D eigenvalue weighted by molar-refractivity contribution is 0.0599. The van der Waals surface area contributed by atoms with Crippen LogP contribution in [-0.2, 0) is 4.74 Å². The largest absolute Gasteiger partial charge is 0.497 e. The van der Waals surface area contributed by atoms with Gasteiger partial charge in [0.25, 0.3) is 0 Å². The van der Waals surface area contributed by atoms with E-state index in [0.717, 1.165) is 5.56 Å². The van der Waals surface area contributed by atoms with E-state index in [2.05, 4.69) is 20.7 Å². The molecule has 0 aliphatic carbocycles. The van der Waals surface area contributed by atoms with E-state index in [0.29, 0.717) is 15.8 Å². The number of esters is 1. The van der Waals surface area contributed by atoms with E-state index in [1.54, 1.807) is 19.2 Å². The number of ether oxygens (including phenoxy) is 2. The molecule has 0 aliphatic rings. The number of carbonyl (C=O) groups is 1. The van der Waals surface area contributed by atoms with Gasteiger partial charge in [-0.1, -0.05) is 0 Å². The molecule has 0 unspecified atom stereocenters. The smallest absolute Gasteiger partial charge is 0.339 e. The zero-order valence-electron chi connectivity index (χ0n) is 8.26. The number of halogens is 1. The molecule has 0 aromatic heterocycles. The molecule has 1 rings (SSSR count). The Morgan fingerprint density at radius 2 is 2.00 bits per heavy atom. The molecule has 0 radical (unpaired) electrons. The number of benzene rings is 1. The molecule has 0 spiro atoms. The van der Waals surface area contributed by atoms with Gasteiger partial charge in [-0.15, -0.1) is 0 Å². The highest BCUT2D eigenvalue weighted by Crippen LogP contribution is 2.27. The Kier molecular flexibility index (Phi) is 3.52. The second kappa shape index (κ2) is 4.46. The molecule has 0 amide bonds. The number of rotatable bonds is 2. The Labute approximate surface area is 91.1 Å². The predicted molar refractivity (Wildman–Crippen MR) is 56.8 cm³/mol. The summed E-state index contributed by atoms with van der Waals surface area (Å²) in [5.41, 5.74) is 1.36. The normalized spacial score (nSPS) is 9.71. The molecule has 0 saturated carbocycles. The maximum atomic E-state index is 11.4. The van der Waals surface area contributed by atoms with Crippen LogP contribution < -0.4 is 4.74 Å². The van der Waals surface area contributed by atoms with Gasteiger partial charge >= 0.3 is 5.97 Å². The highest BCUT2D eigenvalue weighted by Gasteiger charge is 2.14. The van der Waals surface area contributed by atoms with Gasteiger partial charge in [0.2, 0.25) is 0 Å². The SMILES string of the molecule is COC(=O)c1c(C)cc(OC)cc1Br. The van der Waals surface area contributed by atoms with Crippen molar-refractivity contribution in [2.24, 2.45) is 0 Å². The number of methoxy groups -OCH3 is 2. The van der Waals surface area contributed by atoms with Crippen LogP contribution in [-0.4, -0.2) is 20.2 Å². The molecule has 76 valence electrons. The van der Waals surface area contributed by atoms with Gasteiger partial charge < -0.3 is 9.47 Å². The van der Waals surface area contributed by atoms with Crippen LogP contribution in [0.15, 0.2) is 16.6 Å². The number of carbonyl (C=O) groups excluding carboxylic acids is 1. The van der Waals surface area contributed by atoms with Crippen molar-refractivity contribution in [2.75, 3.05) is 14.2 Å². The van der Waals surface area contributed by atoms with E-state index in [-0.39, 0.29) is 5.97 Å². The van der Waals surface area contributed by atoms with Crippen molar-refractivity contribution in [3.8, 4) is 5.75 Å². The van der Waals surface area contributed by atoms with E-state index in [1.165, 1.54) is 7.11 Å². The molecular weight excluding hydrogens is 248 g/mol. The van der Waals surface area contributed by atoms with E-state index >= 15 is 0 Å². The Morgan fingerprint density at radius 3 is 2.43 bits per heavy atom. The maximum absolute atomic E-state index is 11.4.